The first-order valence-corrected chi connectivity index (χ1v) is 6.48. The molecule has 1 heterocycles. The summed E-state index contributed by atoms with van der Waals surface area (Å²) in [7, 11) is 0. The summed E-state index contributed by atoms with van der Waals surface area (Å²) >= 11 is 5.87. The second-order valence-corrected chi connectivity index (χ2v) is 4.89. The van der Waals surface area contributed by atoms with Crippen molar-refractivity contribution in [1.82, 2.24) is 4.98 Å². The molecule has 0 aliphatic carbocycles. The Bertz CT molecular complexity index is 777. The quantitative estimate of drug-likeness (QED) is 0.536. The monoisotopic (exact) mass is 285 g/mol. The van der Waals surface area contributed by atoms with Gasteiger partial charge in [-0.15, -0.1) is 0 Å². The normalized spacial score (nSPS) is 10.7. The first-order valence-electron chi connectivity index (χ1n) is 6.10. The van der Waals surface area contributed by atoms with Crippen LogP contribution in [0, 0.1) is 5.41 Å². The first-order chi connectivity index (χ1) is 9.61. The van der Waals surface area contributed by atoms with Crippen LogP contribution in [0.5, 0.6) is 0 Å². The van der Waals surface area contributed by atoms with Crippen molar-refractivity contribution >= 4 is 34.2 Å². The van der Waals surface area contributed by atoms with Gasteiger partial charge in [-0.25, -0.2) is 4.98 Å². The second-order valence-electron chi connectivity index (χ2n) is 4.46. The lowest BCUT2D eigenvalue weighted by atomic mass is 10.2. The molecule has 0 fully saturated rings. The molecule has 0 saturated heterocycles. The number of oxazole rings is 1. The average molecular weight is 286 g/mol. The maximum absolute atomic E-state index is 7.43. The van der Waals surface area contributed by atoms with Crippen LogP contribution in [0.1, 0.15) is 6.92 Å². The number of amidine groups is 1. The second kappa shape index (κ2) is 4.98. The number of nitrogens with one attached hydrogen (secondary N) is 2. The average Bonchev–Trinajstić information content (AvgIpc) is 2.81. The van der Waals surface area contributed by atoms with E-state index >= 15 is 0 Å². The third kappa shape index (κ3) is 2.51. The standard InChI is InChI=1S/C15H12ClN3O/c1-9(17)18-12-6-7-14-13(8-12)19-15(20-14)10-2-4-11(16)5-3-10/h2-8H,1H3,(H2,17,18). The zero-order valence-corrected chi connectivity index (χ0v) is 11.5. The summed E-state index contributed by atoms with van der Waals surface area (Å²) in [5, 5.41) is 11.0. The van der Waals surface area contributed by atoms with Gasteiger partial charge in [0.15, 0.2) is 5.58 Å². The predicted octanol–water partition coefficient (Wildman–Crippen LogP) is 4.56. The Morgan fingerprint density at radius 3 is 2.65 bits per heavy atom. The Hall–Kier alpha value is -2.33. The van der Waals surface area contributed by atoms with Crippen LogP contribution in [0.3, 0.4) is 0 Å². The number of halogens is 1. The van der Waals surface area contributed by atoms with Gasteiger partial charge in [-0.3, -0.25) is 5.41 Å². The molecule has 100 valence electrons. The lowest BCUT2D eigenvalue weighted by Gasteiger charge is -2.01. The van der Waals surface area contributed by atoms with E-state index in [1.165, 1.54) is 0 Å². The fourth-order valence-corrected chi connectivity index (χ4v) is 2.06. The molecule has 2 aromatic carbocycles. The number of fused-ring (bicyclic) bond motifs is 1. The molecule has 0 saturated carbocycles. The van der Waals surface area contributed by atoms with E-state index in [4.69, 9.17) is 21.4 Å². The van der Waals surface area contributed by atoms with Gasteiger partial charge in [0, 0.05) is 16.3 Å². The van der Waals surface area contributed by atoms with Crippen molar-refractivity contribution in [2.45, 2.75) is 6.92 Å². The molecule has 1 aromatic heterocycles. The first kappa shape index (κ1) is 12.7. The zero-order chi connectivity index (χ0) is 14.1. The number of nitrogens with zero attached hydrogens (tertiary/aromatic N) is 1. The third-order valence-electron chi connectivity index (χ3n) is 2.81. The van der Waals surface area contributed by atoms with Gasteiger partial charge in [0.05, 0.1) is 5.84 Å². The topological polar surface area (TPSA) is 61.9 Å². The highest BCUT2D eigenvalue weighted by Gasteiger charge is 2.08. The van der Waals surface area contributed by atoms with Gasteiger partial charge < -0.3 is 9.73 Å². The summed E-state index contributed by atoms with van der Waals surface area (Å²) in [6.45, 7) is 1.69. The van der Waals surface area contributed by atoms with Crippen molar-refractivity contribution in [3.63, 3.8) is 0 Å². The molecule has 0 bridgehead atoms. The van der Waals surface area contributed by atoms with E-state index in [0.717, 1.165) is 16.8 Å². The van der Waals surface area contributed by atoms with Crippen LogP contribution in [-0.2, 0) is 0 Å². The van der Waals surface area contributed by atoms with Gasteiger partial charge in [-0.1, -0.05) is 11.6 Å². The highest BCUT2D eigenvalue weighted by molar-refractivity contribution is 6.30. The molecule has 5 heteroatoms. The van der Waals surface area contributed by atoms with Crippen LogP contribution >= 0.6 is 11.6 Å². The molecule has 4 nitrogen and oxygen atoms in total. The van der Waals surface area contributed by atoms with Gasteiger partial charge in [0.2, 0.25) is 5.89 Å². The minimum atomic E-state index is 0.380. The van der Waals surface area contributed by atoms with Crippen LogP contribution in [0.4, 0.5) is 5.69 Å². The maximum Gasteiger partial charge on any atom is 0.227 e. The molecule has 0 aliphatic heterocycles. The lowest BCUT2D eigenvalue weighted by Crippen LogP contribution is -2.04. The van der Waals surface area contributed by atoms with Crippen LogP contribution in [0.25, 0.3) is 22.6 Å². The van der Waals surface area contributed by atoms with Crippen molar-refractivity contribution in [2.24, 2.45) is 0 Å². The van der Waals surface area contributed by atoms with E-state index in [2.05, 4.69) is 10.3 Å². The van der Waals surface area contributed by atoms with Gasteiger partial charge in [-0.2, -0.15) is 0 Å². The number of anilines is 1. The molecule has 0 aliphatic rings. The lowest BCUT2D eigenvalue weighted by molar-refractivity contribution is 0.620. The van der Waals surface area contributed by atoms with E-state index in [1.54, 1.807) is 19.1 Å². The van der Waals surface area contributed by atoms with E-state index in [0.29, 0.717) is 22.3 Å². The molecule has 3 aromatic rings. The molecule has 0 radical (unpaired) electrons. The van der Waals surface area contributed by atoms with Crippen molar-refractivity contribution < 1.29 is 4.42 Å². The maximum atomic E-state index is 7.43. The molecule has 20 heavy (non-hydrogen) atoms. The van der Waals surface area contributed by atoms with Crippen molar-refractivity contribution in [2.75, 3.05) is 5.32 Å². The summed E-state index contributed by atoms with van der Waals surface area (Å²) in [5.41, 5.74) is 3.16. The van der Waals surface area contributed by atoms with Crippen molar-refractivity contribution in [3.05, 3.63) is 47.5 Å². The molecule has 0 spiro atoms. The van der Waals surface area contributed by atoms with E-state index in [-0.39, 0.29) is 0 Å². The van der Waals surface area contributed by atoms with Gasteiger partial charge >= 0.3 is 0 Å². The molecular formula is C15H12ClN3O. The Balaban J connectivity index is 2.01. The predicted molar refractivity (Wildman–Crippen MR) is 81.5 cm³/mol. The van der Waals surface area contributed by atoms with Crippen molar-refractivity contribution in [1.29, 1.82) is 5.41 Å². The number of hydrogen-bond acceptors (Lipinski definition) is 3. The summed E-state index contributed by atoms with van der Waals surface area (Å²) in [4.78, 5) is 4.46. The molecule has 2 N–H and O–H groups in total. The summed E-state index contributed by atoms with van der Waals surface area (Å²) < 4.78 is 5.72. The number of hydrogen-bond donors (Lipinski definition) is 2. The van der Waals surface area contributed by atoms with E-state index in [1.807, 2.05) is 30.3 Å². The van der Waals surface area contributed by atoms with E-state index in [9.17, 15) is 0 Å². The molecule has 0 atom stereocenters. The van der Waals surface area contributed by atoms with Crippen LogP contribution < -0.4 is 5.32 Å². The Labute approximate surface area is 120 Å². The fraction of sp³-hybridized carbons (Fsp3) is 0.0667. The van der Waals surface area contributed by atoms with Crippen molar-refractivity contribution in [3.8, 4) is 11.5 Å². The van der Waals surface area contributed by atoms with Crippen LogP contribution in [0.15, 0.2) is 46.9 Å². The summed E-state index contributed by atoms with van der Waals surface area (Å²) in [6.07, 6.45) is 0. The molecular weight excluding hydrogens is 274 g/mol. The highest BCUT2D eigenvalue weighted by atomic mass is 35.5. The Kier molecular flexibility index (Phi) is 3.16. The van der Waals surface area contributed by atoms with Gasteiger partial charge in [0.25, 0.3) is 0 Å². The van der Waals surface area contributed by atoms with Crippen LogP contribution in [-0.4, -0.2) is 10.8 Å². The van der Waals surface area contributed by atoms with Gasteiger partial charge in [0.1, 0.15) is 5.52 Å². The minimum Gasteiger partial charge on any atom is -0.436 e. The van der Waals surface area contributed by atoms with Crippen LogP contribution in [0.2, 0.25) is 5.02 Å². The fourth-order valence-electron chi connectivity index (χ4n) is 1.94. The molecule has 3 rings (SSSR count). The molecule has 0 unspecified atom stereocenters. The molecule has 0 amide bonds. The largest absolute Gasteiger partial charge is 0.436 e. The third-order valence-corrected chi connectivity index (χ3v) is 3.06. The Morgan fingerprint density at radius 1 is 1.20 bits per heavy atom. The minimum absolute atomic E-state index is 0.380. The van der Waals surface area contributed by atoms with E-state index < -0.39 is 0 Å². The SMILES string of the molecule is CC(=N)Nc1ccc2oc(-c3ccc(Cl)cc3)nc2c1. The Morgan fingerprint density at radius 2 is 1.95 bits per heavy atom. The van der Waals surface area contributed by atoms with Gasteiger partial charge in [-0.05, 0) is 49.4 Å². The summed E-state index contributed by atoms with van der Waals surface area (Å²) in [5.74, 6) is 0.936. The summed E-state index contributed by atoms with van der Waals surface area (Å²) in [6, 6.07) is 12.9. The smallest absolute Gasteiger partial charge is 0.227 e. The number of rotatable bonds is 2. The highest BCUT2D eigenvalue weighted by Crippen LogP contribution is 2.27. The number of aromatic nitrogens is 1. The number of benzene rings is 2. The zero-order valence-electron chi connectivity index (χ0n) is 10.8.